The van der Waals surface area contributed by atoms with Gasteiger partial charge < -0.3 is 4.74 Å². The minimum Gasteiger partial charge on any atom is -0.468 e. The number of esters is 1. The number of carbonyl (C=O) groups excluding carboxylic acids is 1. The van der Waals surface area contributed by atoms with Crippen LogP contribution >= 0.6 is 0 Å². The van der Waals surface area contributed by atoms with Crippen molar-refractivity contribution in [1.29, 1.82) is 0 Å². The van der Waals surface area contributed by atoms with E-state index in [9.17, 15) is 9.18 Å². The molecule has 1 N–H and O–H groups in total. The molecule has 0 bridgehead atoms. The first-order chi connectivity index (χ1) is 8.08. The topological polar surface area (TPSA) is 38.3 Å². The van der Waals surface area contributed by atoms with Crippen molar-refractivity contribution >= 4 is 5.97 Å². The van der Waals surface area contributed by atoms with Crippen molar-refractivity contribution in [2.45, 2.75) is 32.4 Å². The fourth-order valence-electron chi connectivity index (χ4n) is 1.72. The molecule has 0 saturated heterocycles. The number of methoxy groups -OCH3 is 1. The molecule has 0 fully saturated rings. The Kier molecular flexibility index (Phi) is 5.10. The van der Waals surface area contributed by atoms with E-state index in [1.54, 1.807) is 13.0 Å². The van der Waals surface area contributed by atoms with Gasteiger partial charge in [-0.1, -0.05) is 19.1 Å². The van der Waals surface area contributed by atoms with Gasteiger partial charge in [-0.15, -0.1) is 0 Å². The largest absolute Gasteiger partial charge is 0.468 e. The average Bonchev–Trinajstić information content (AvgIpc) is 2.34. The highest BCUT2D eigenvalue weighted by Crippen LogP contribution is 2.18. The van der Waals surface area contributed by atoms with E-state index in [2.05, 4.69) is 10.1 Å². The minimum absolute atomic E-state index is 0.0557. The fourth-order valence-corrected chi connectivity index (χ4v) is 1.72. The third kappa shape index (κ3) is 3.82. The van der Waals surface area contributed by atoms with Gasteiger partial charge in [0.05, 0.1) is 7.11 Å². The smallest absolute Gasteiger partial charge is 0.322 e. The van der Waals surface area contributed by atoms with Gasteiger partial charge in [-0.05, 0) is 31.0 Å². The summed E-state index contributed by atoms with van der Waals surface area (Å²) < 4.78 is 17.7. The molecule has 1 aromatic rings. The minimum atomic E-state index is -0.409. The van der Waals surface area contributed by atoms with Crippen molar-refractivity contribution in [3.05, 3.63) is 35.6 Å². The van der Waals surface area contributed by atoms with Crippen LogP contribution in [0.3, 0.4) is 0 Å². The SMILES string of the molecule is CCC(NC(C)C(=O)OC)c1cccc(F)c1. The molecule has 0 amide bonds. The molecule has 0 heterocycles. The second kappa shape index (κ2) is 6.35. The number of rotatable bonds is 5. The van der Waals surface area contributed by atoms with Crippen LogP contribution in [0.1, 0.15) is 31.9 Å². The van der Waals surface area contributed by atoms with Crippen molar-refractivity contribution in [2.24, 2.45) is 0 Å². The van der Waals surface area contributed by atoms with Crippen LogP contribution in [-0.2, 0) is 9.53 Å². The standard InChI is InChI=1S/C13H18FNO2/c1-4-12(15-9(2)13(16)17-3)10-6-5-7-11(14)8-10/h5-9,12,15H,4H2,1-3H3. The Morgan fingerprint density at radius 1 is 1.53 bits per heavy atom. The second-order valence-electron chi connectivity index (χ2n) is 3.93. The summed E-state index contributed by atoms with van der Waals surface area (Å²) in [5.74, 6) is -0.590. The Bertz CT molecular complexity index is 381. The zero-order valence-corrected chi connectivity index (χ0v) is 10.4. The van der Waals surface area contributed by atoms with Crippen LogP contribution < -0.4 is 5.32 Å². The monoisotopic (exact) mass is 239 g/mol. The molecular weight excluding hydrogens is 221 g/mol. The molecule has 0 aromatic heterocycles. The van der Waals surface area contributed by atoms with Crippen LogP contribution in [0.5, 0.6) is 0 Å². The summed E-state index contributed by atoms with van der Waals surface area (Å²) in [7, 11) is 1.35. The van der Waals surface area contributed by atoms with Gasteiger partial charge in [-0.3, -0.25) is 10.1 Å². The van der Waals surface area contributed by atoms with Gasteiger partial charge in [0.1, 0.15) is 11.9 Å². The molecule has 1 rings (SSSR count). The quantitative estimate of drug-likeness (QED) is 0.802. The van der Waals surface area contributed by atoms with Gasteiger partial charge in [0.15, 0.2) is 0 Å². The number of nitrogens with one attached hydrogen (secondary N) is 1. The maximum absolute atomic E-state index is 13.1. The molecule has 0 radical (unpaired) electrons. The Morgan fingerprint density at radius 3 is 2.76 bits per heavy atom. The molecule has 4 heteroatoms. The van der Waals surface area contributed by atoms with E-state index in [-0.39, 0.29) is 17.8 Å². The van der Waals surface area contributed by atoms with Gasteiger partial charge in [0.2, 0.25) is 0 Å². The van der Waals surface area contributed by atoms with Gasteiger partial charge in [-0.2, -0.15) is 0 Å². The summed E-state index contributed by atoms with van der Waals surface area (Å²) in [6.07, 6.45) is 0.769. The first-order valence-electron chi connectivity index (χ1n) is 5.67. The molecule has 1 aromatic carbocycles. The van der Waals surface area contributed by atoms with Crippen LogP contribution in [-0.4, -0.2) is 19.1 Å². The van der Waals surface area contributed by atoms with Gasteiger partial charge in [-0.25, -0.2) is 4.39 Å². The molecule has 3 nitrogen and oxygen atoms in total. The lowest BCUT2D eigenvalue weighted by atomic mass is 10.0. The number of carbonyl (C=O) groups is 1. The predicted molar refractivity (Wildman–Crippen MR) is 64.0 cm³/mol. The van der Waals surface area contributed by atoms with E-state index in [4.69, 9.17) is 0 Å². The van der Waals surface area contributed by atoms with Crippen molar-refractivity contribution in [1.82, 2.24) is 5.32 Å². The molecule has 2 unspecified atom stereocenters. The first kappa shape index (κ1) is 13.6. The summed E-state index contributed by atoms with van der Waals surface area (Å²) >= 11 is 0. The highest BCUT2D eigenvalue weighted by atomic mass is 19.1. The normalized spacial score (nSPS) is 14.1. The van der Waals surface area contributed by atoms with Gasteiger partial charge >= 0.3 is 5.97 Å². The van der Waals surface area contributed by atoms with E-state index in [0.29, 0.717) is 0 Å². The summed E-state index contributed by atoms with van der Waals surface area (Å²) in [4.78, 5) is 11.3. The molecular formula is C13H18FNO2. The van der Waals surface area contributed by atoms with Crippen molar-refractivity contribution in [2.75, 3.05) is 7.11 Å². The molecule has 0 saturated carbocycles. The van der Waals surface area contributed by atoms with Crippen LogP contribution in [0, 0.1) is 5.82 Å². The molecule has 2 atom stereocenters. The Labute approximate surface area is 101 Å². The summed E-state index contributed by atoms with van der Waals surface area (Å²) in [5, 5.41) is 3.12. The Hall–Kier alpha value is -1.42. The average molecular weight is 239 g/mol. The lowest BCUT2D eigenvalue weighted by molar-refractivity contribution is -0.142. The second-order valence-corrected chi connectivity index (χ2v) is 3.93. The molecule has 94 valence electrons. The molecule has 0 aliphatic carbocycles. The highest BCUT2D eigenvalue weighted by Gasteiger charge is 2.18. The van der Waals surface area contributed by atoms with Crippen molar-refractivity contribution in [3.8, 4) is 0 Å². The summed E-state index contributed by atoms with van der Waals surface area (Å²) in [6, 6.07) is 5.92. The summed E-state index contributed by atoms with van der Waals surface area (Å²) in [6.45, 7) is 3.71. The lowest BCUT2D eigenvalue weighted by Gasteiger charge is -2.21. The van der Waals surface area contributed by atoms with Gasteiger partial charge in [0.25, 0.3) is 0 Å². The van der Waals surface area contributed by atoms with E-state index in [1.807, 2.05) is 13.0 Å². The third-order valence-electron chi connectivity index (χ3n) is 2.67. The Balaban J connectivity index is 2.75. The molecule has 0 aliphatic heterocycles. The number of benzene rings is 1. The molecule has 0 aliphatic rings. The van der Waals surface area contributed by atoms with Crippen LogP contribution in [0.4, 0.5) is 4.39 Å². The Morgan fingerprint density at radius 2 is 2.24 bits per heavy atom. The van der Waals surface area contributed by atoms with E-state index >= 15 is 0 Å². The van der Waals surface area contributed by atoms with Gasteiger partial charge in [0, 0.05) is 6.04 Å². The summed E-state index contributed by atoms with van der Waals surface area (Å²) in [5.41, 5.74) is 0.836. The van der Waals surface area contributed by atoms with Crippen LogP contribution in [0.2, 0.25) is 0 Å². The zero-order valence-electron chi connectivity index (χ0n) is 10.4. The maximum atomic E-state index is 13.1. The lowest BCUT2D eigenvalue weighted by Crippen LogP contribution is -2.37. The predicted octanol–water partition coefficient (Wildman–Crippen LogP) is 2.43. The number of ether oxygens (including phenoxy) is 1. The number of hydrogen-bond donors (Lipinski definition) is 1. The third-order valence-corrected chi connectivity index (χ3v) is 2.67. The van der Waals surface area contributed by atoms with E-state index < -0.39 is 6.04 Å². The van der Waals surface area contributed by atoms with E-state index in [1.165, 1.54) is 19.2 Å². The first-order valence-corrected chi connectivity index (χ1v) is 5.67. The number of halogens is 1. The zero-order chi connectivity index (χ0) is 12.8. The van der Waals surface area contributed by atoms with Crippen molar-refractivity contribution < 1.29 is 13.9 Å². The highest BCUT2D eigenvalue weighted by molar-refractivity contribution is 5.75. The van der Waals surface area contributed by atoms with E-state index in [0.717, 1.165) is 12.0 Å². The van der Waals surface area contributed by atoms with Crippen LogP contribution in [0.15, 0.2) is 24.3 Å². The number of hydrogen-bond acceptors (Lipinski definition) is 3. The van der Waals surface area contributed by atoms with Crippen LogP contribution in [0.25, 0.3) is 0 Å². The maximum Gasteiger partial charge on any atom is 0.322 e. The van der Waals surface area contributed by atoms with Crippen molar-refractivity contribution in [3.63, 3.8) is 0 Å². The fraction of sp³-hybridized carbons (Fsp3) is 0.462. The molecule has 17 heavy (non-hydrogen) atoms. The molecule has 0 spiro atoms.